The van der Waals surface area contributed by atoms with E-state index in [2.05, 4.69) is 5.10 Å². The van der Waals surface area contributed by atoms with E-state index in [0.717, 1.165) is 0 Å². The highest BCUT2D eigenvalue weighted by Crippen LogP contribution is 2.14. The van der Waals surface area contributed by atoms with Crippen molar-refractivity contribution < 1.29 is 5.11 Å². The van der Waals surface area contributed by atoms with Crippen molar-refractivity contribution in [2.45, 2.75) is 0 Å². The van der Waals surface area contributed by atoms with Gasteiger partial charge in [-0.1, -0.05) is 5.46 Å². The molecule has 0 amide bonds. The van der Waals surface area contributed by atoms with E-state index in [4.69, 9.17) is 7.85 Å². The van der Waals surface area contributed by atoms with E-state index in [1.165, 1.54) is 10.6 Å². The summed E-state index contributed by atoms with van der Waals surface area (Å²) in [4.78, 5) is 0. The van der Waals surface area contributed by atoms with Crippen LogP contribution in [0.3, 0.4) is 0 Å². The van der Waals surface area contributed by atoms with Gasteiger partial charge in [0.1, 0.15) is 19.1 Å². The zero-order chi connectivity index (χ0) is 7.84. The van der Waals surface area contributed by atoms with Gasteiger partial charge in [0.05, 0.1) is 6.20 Å². The second-order valence-electron chi connectivity index (χ2n) is 2.32. The van der Waals surface area contributed by atoms with E-state index < -0.39 is 0 Å². The highest BCUT2D eigenvalue weighted by Gasteiger charge is 1.99. The van der Waals surface area contributed by atoms with Gasteiger partial charge in [0.2, 0.25) is 0 Å². The van der Waals surface area contributed by atoms with Crippen LogP contribution in [0.15, 0.2) is 24.5 Å². The number of pyridine rings is 1. The number of fused-ring (bicyclic) bond motifs is 1. The van der Waals surface area contributed by atoms with Gasteiger partial charge in [0.25, 0.3) is 0 Å². The number of aromatic hydroxyl groups is 1. The van der Waals surface area contributed by atoms with Crippen LogP contribution in [0, 0.1) is 0 Å². The Morgan fingerprint density at radius 2 is 2.36 bits per heavy atom. The Hall–Kier alpha value is -1.45. The maximum atomic E-state index is 9.30. The average molecular weight is 144 g/mol. The summed E-state index contributed by atoms with van der Waals surface area (Å²) in [5.41, 5.74) is 1.16. The lowest BCUT2D eigenvalue weighted by Crippen LogP contribution is -2.05. The highest BCUT2D eigenvalue weighted by molar-refractivity contribution is 6.32. The number of rotatable bonds is 0. The summed E-state index contributed by atoms with van der Waals surface area (Å²) in [5, 5.41) is 13.2. The first-order chi connectivity index (χ1) is 5.27. The first kappa shape index (κ1) is 6.28. The molecule has 0 aliphatic heterocycles. The third-order valence-corrected chi connectivity index (χ3v) is 1.51. The molecule has 11 heavy (non-hydrogen) atoms. The minimum Gasteiger partial charge on any atom is -0.506 e. The molecule has 2 aromatic rings. The molecule has 1 N–H and O–H groups in total. The fourth-order valence-corrected chi connectivity index (χ4v) is 1.03. The summed E-state index contributed by atoms with van der Waals surface area (Å²) in [7, 11) is 5.46. The van der Waals surface area contributed by atoms with Crippen LogP contribution < -0.4 is 5.46 Å². The lowest BCUT2D eigenvalue weighted by Gasteiger charge is -1.98. The average Bonchev–Trinajstić information content (AvgIpc) is 2.34. The van der Waals surface area contributed by atoms with Gasteiger partial charge in [-0.3, -0.25) is 0 Å². The summed E-state index contributed by atoms with van der Waals surface area (Å²) >= 11 is 0. The van der Waals surface area contributed by atoms with Crippen LogP contribution in [-0.2, 0) is 0 Å². The predicted molar refractivity (Wildman–Crippen MR) is 42.2 cm³/mol. The molecule has 0 aromatic carbocycles. The Bertz CT molecular complexity index is 396. The summed E-state index contributed by atoms with van der Waals surface area (Å²) in [6, 6.07) is 3.21. The summed E-state index contributed by atoms with van der Waals surface area (Å²) in [5.74, 6) is 0.155. The van der Waals surface area contributed by atoms with Crippen LogP contribution in [0.5, 0.6) is 5.75 Å². The monoisotopic (exact) mass is 144 g/mol. The molecule has 0 aliphatic carbocycles. The largest absolute Gasteiger partial charge is 0.506 e. The van der Waals surface area contributed by atoms with Crippen molar-refractivity contribution >= 4 is 18.8 Å². The first-order valence-electron chi connectivity index (χ1n) is 3.19. The number of hydrogen-bond acceptors (Lipinski definition) is 2. The van der Waals surface area contributed by atoms with Crippen molar-refractivity contribution in [3.8, 4) is 5.75 Å². The molecule has 2 heterocycles. The second kappa shape index (κ2) is 2.02. The molecule has 0 saturated heterocycles. The number of aromatic nitrogens is 2. The van der Waals surface area contributed by atoms with E-state index >= 15 is 0 Å². The fraction of sp³-hybridized carbons (Fsp3) is 0. The molecular formula is C7H5BN2O. The standard InChI is InChI=1S/C7H5BN2O/c8-5-3-7(11)6-1-2-9-10(6)4-5/h1-4,11H. The normalized spacial score (nSPS) is 10.5. The summed E-state index contributed by atoms with van der Waals surface area (Å²) in [6.45, 7) is 0. The smallest absolute Gasteiger partial charge is 0.140 e. The van der Waals surface area contributed by atoms with Gasteiger partial charge in [-0.05, 0) is 12.1 Å². The van der Waals surface area contributed by atoms with Gasteiger partial charge in [-0.25, -0.2) is 4.52 Å². The topological polar surface area (TPSA) is 37.5 Å². The molecule has 0 aliphatic rings. The van der Waals surface area contributed by atoms with Crippen LogP contribution in [0.4, 0.5) is 0 Å². The molecule has 2 aromatic heterocycles. The van der Waals surface area contributed by atoms with Gasteiger partial charge >= 0.3 is 0 Å². The van der Waals surface area contributed by atoms with Crippen LogP contribution in [0.25, 0.3) is 5.52 Å². The minimum absolute atomic E-state index is 0.155. The van der Waals surface area contributed by atoms with Crippen LogP contribution in [-0.4, -0.2) is 22.6 Å². The lowest BCUT2D eigenvalue weighted by atomic mass is 9.98. The summed E-state index contributed by atoms with van der Waals surface area (Å²) < 4.78 is 1.53. The molecule has 2 radical (unpaired) electrons. The Kier molecular flexibility index (Phi) is 1.15. The number of nitrogens with zero attached hydrogens (tertiary/aromatic N) is 2. The van der Waals surface area contributed by atoms with Gasteiger partial charge in [0.15, 0.2) is 0 Å². The van der Waals surface area contributed by atoms with Gasteiger partial charge in [-0.15, -0.1) is 0 Å². The molecular weight excluding hydrogens is 139 g/mol. The summed E-state index contributed by atoms with van der Waals surface area (Å²) in [6.07, 6.45) is 3.25. The zero-order valence-electron chi connectivity index (χ0n) is 5.73. The van der Waals surface area contributed by atoms with Crippen molar-refractivity contribution in [1.29, 1.82) is 0 Å². The molecule has 52 valence electrons. The van der Waals surface area contributed by atoms with Crippen molar-refractivity contribution in [3.05, 3.63) is 24.5 Å². The SMILES string of the molecule is [B]c1cc(O)c2ccnn2c1. The van der Waals surface area contributed by atoms with E-state index in [-0.39, 0.29) is 5.75 Å². The lowest BCUT2D eigenvalue weighted by molar-refractivity contribution is 0.479. The quantitative estimate of drug-likeness (QED) is 0.521. The fourth-order valence-electron chi connectivity index (χ4n) is 1.03. The molecule has 0 unspecified atom stereocenters. The maximum Gasteiger partial charge on any atom is 0.140 e. The van der Waals surface area contributed by atoms with E-state index in [1.807, 2.05) is 0 Å². The molecule has 0 bridgehead atoms. The molecule has 2 rings (SSSR count). The maximum absolute atomic E-state index is 9.30. The third-order valence-electron chi connectivity index (χ3n) is 1.51. The first-order valence-corrected chi connectivity index (χ1v) is 3.19. The predicted octanol–water partition coefficient (Wildman–Crippen LogP) is -0.166. The van der Waals surface area contributed by atoms with Crippen molar-refractivity contribution in [3.63, 3.8) is 0 Å². The van der Waals surface area contributed by atoms with Crippen molar-refractivity contribution in [1.82, 2.24) is 9.61 Å². The van der Waals surface area contributed by atoms with E-state index in [9.17, 15) is 5.11 Å². The molecule has 0 saturated carbocycles. The van der Waals surface area contributed by atoms with Crippen molar-refractivity contribution in [2.75, 3.05) is 0 Å². The molecule has 4 heteroatoms. The van der Waals surface area contributed by atoms with E-state index in [1.54, 1.807) is 18.5 Å². The molecule has 0 fully saturated rings. The van der Waals surface area contributed by atoms with Crippen LogP contribution in [0.2, 0.25) is 0 Å². The Balaban J connectivity index is 2.91. The molecule has 0 spiro atoms. The highest BCUT2D eigenvalue weighted by atomic mass is 16.3. The van der Waals surface area contributed by atoms with Crippen LogP contribution >= 0.6 is 0 Å². The van der Waals surface area contributed by atoms with Gasteiger partial charge in [-0.2, -0.15) is 5.10 Å². The van der Waals surface area contributed by atoms with Gasteiger partial charge in [0, 0.05) is 6.20 Å². The van der Waals surface area contributed by atoms with Crippen molar-refractivity contribution in [2.24, 2.45) is 0 Å². The minimum atomic E-state index is 0.155. The Morgan fingerprint density at radius 1 is 1.55 bits per heavy atom. The Morgan fingerprint density at radius 3 is 3.18 bits per heavy atom. The second-order valence-corrected chi connectivity index (χ2v) is 2.32. The Labute approximate surface area is 64.7 Å². The third kappa shape index (κ3) is 0.870. The van der Waals surface area contributed by atoms with Gasteiger partial charge < -0.3 is 5.11 Å². The number of hydrogen-bond donors (Lipinski definition) is 1. The van der Waals surface area contributed by atoms with E-state index in [0.29, 0.717) is 11.0 Å². The van der Waals surface area contributed by atoms with Crippen LogP contribution in [0.1, 0.15) is 0 Å². The zero-order valence-corrected chi connectivity index (χ0v) is 5.73. The molecule has 0 atom stereocenters. The molecule has 3 nitrogen and oxygen atoms in total.